The van der Waals surface area contributed by atoms with Gasteiger partial charge in [0.25, 0.3) is 11.8 Å². The fourth-order valence-electron chi connectivity index (χ4n) is 7.71. The van der Waals surface area contributed by atoms with Crippen LogP contribution in [0.4, 0.5) is 20.9 Å². The van der Waals surface area contributed by atoms with Gasteiger partial charge >= 0.3 is 0 Å². The van der Waals surface area contributed by atoms with Crippen LogP contribution in [0.15, 0.2) is 79.0 Å². The maximum Gasteiger partial charge on any atom is 0.260 e. The predicted molar refractivity (Wildman–Crippen MR) is 210 cm³/mol. The minimum Gasteiger partial charge on any atom is -0.381 e. The number of aromatic nitrogens is 2. The molecule has 1 N–H and O–H groups in total. The number of carbonyl (C=O) groups excluding carboxylic acids is 3. The highest BCUT2D eigenvalue weighted by molar-refractivity contribution is 7.19. The molecule has 54 heavy (non-hydrogen) atoms. The lowest BCUT2D eigenvalue weighted by atomic mass is 9.73. The molecular weight excluding hydrogens is 725 g/mol. The number of pyridine rings is 2. The molecule has 2 saturated heterocycles. The van der Waals surface area contributed by atoms with Crippen molar-refractivity contribution >= 4 is 57.0 Å². The smallest absolute Gasteiger partial charge is 0.260 e. The van der Waals surface area contributed by atoms with E-state index in [1.807, 2.05) is 55.5 Å². The minimum absolute atomic E-state index is 0.0331. The molecule has 276 valence electrons. The third kappa shape index (κ3) is 7.15. The molecule has 2 amide bonds. The van der Waals surface area contributed by atoms with Crippen molar-refractivity contribution in [1.29, 1.82) is 0 Å². The monoisotopic (exact) mass is 763 g/mol. The van der Waals surface area contributed by atoms with Crippen LogP contribution < -0.4 is 15.1 Å². The van der Waals surface area contributed by atoms with E-state index in [1.165, 1.54) is 29.5 Å². The van der Waals surface area contributed by atoms with Crippen LogP contribution in [0.5, 0.6) is 0 Å². The maximum absolute atomic E-state index is 14.4. The van der Waals surface area contributed by atoms with Gasteiger partial charge in [-0.15, -0.1) is 11.3 Å². The molecule has 0 bridgehead atoms. The van der Waals surface area contributed by atoms with Gasteiger partial charge in [0.05, 0.1) is 31.7 Å². The first-order valence-electron chi connectivity index (χ1n) is 18.3. The molecule has 0 radical (unpaired) electrons. The zero-order valence-corrected chi connectivity index (χ0v) is 31.4. The van der Waals surface area contributed by atoms with Gasteiger partial charge in [0.2, 0.25) is 0 Å². The molecule has 6 heterocycles. The molecule has 0 atom stereocenters. The summed E-state index contributed by atoms with van der Waals surface area (Å²) in [4.78, 5) is 54.6. The van der Waals surface area contributed by atoms with Crippen molar-refractivity contribution in [1.82, 2.24) is 9.97 Å². The lowest BCUT2D eigenvalue weighted by molar-refractivity contribution is -0.000524. The van der Waals surface area contributed by atoms with E-state index in [1.54, 1.807) is 17.2 Å². The first-order valence-corrected chi connectivity index (χ1v) is 19.5. The van der Waals surface area contributed by atoms with Crippen molar-refractivity contribution in [3.05, 3.63) is 123 Å². The fraction of sp³-hybridized carbons (Fsp3) is 0.310. The van der Waals surface area contributed by atoms with E-state index in [-0.39, 0.29) is 27.7 Å². The Balaban J connectivity index is 0.906. The van der Waals surface area contributed by atoms with E-state index >= 15 is 0 Å². The van der Waals surface area contributed by atoms with Crippen LogP contribution >= 0.6 is 22.9 Å². The summed E-state index contributed by atoms with van der Waals surface area (Å²) in [6, 6.07) is 21.1. The Labute approximate surface area is 322 Å². The van der Waals surface area contributed by atoms with Crippen molar-refractivity contribution in [2.75, 3.05) is 48.0 Å². The van der Waals surface area contributed by atoms with E-state index < -0.39 is 11.7 Å². The number of aryl methyl sites for hydroxylation is 2. The molecule has 0 saturated carbocycles. The molecule has 1 spiro atoms. The quantitative estimate of drug-likeness (QED) is 0.150. The molecule has 2 aromatic carbocycles. The summed E-state index contributed by atoms with van der Waals surface area (Å²) in [5.41, 5.74) is 5.51. The number of halogens is 2. The van der Waals surface area contributed by atoms with E-state index in [9.17, 15) is 18.8 Å². The minimum atomic E-state index is -0.696. The largest absolute Gasteiger partial charge is 0.381 e. The molecule has 3 aromatic heterocycles. The van der Waals surface area contributed by atoms with Crippen LogP contribution in [0.1, 0.15) is 73.6 Å². The SMILES string of the molecule is Cc1ccc(C(=O)CCCc2ccc(C(=O)N3CCc4cc(NC(=O)c5c(F)cccc5Cl)sc4-c4ncccc43)cc2)c(N2CC3(CCOCC3)C2)n1. The number of nitrogens with zero attached hydrogens (tertiary/aromatic N) is 4. The number of ketones is 1. The van der Waals surface area contributed by atoms with Gasteiger partial charge in [-0.05, 0) is 105 Å². The van der Waals surface area contributed by atoms with Gasteiger partial charge in [-0.1, -0.05) is 29.8 Å². The average molecular weight is 764 g/mol. The van der Waals surface area contributed by atoms with E-state index in [0.29, 0.717) is 59.7 Å². The van der Waals surface area contributed by atoms with E-state index in [0.717, 1.165) is 66.7 Å². The topological polar surface area (TPSA) is 105 Å². The van der Waals surface area contributed by atoms with Crippen molar-refractivity contribution < 1.29 is 23.5 Å². The van der Waals surface area contributed by atoms with Gasteiger partial charge in [0, 0.05) is 62.1 Å². The number of amides is 2. The molecule has 2 fully saturated rings. The lowest BCUT2D eigenvalue weighted by Crippen LogP contribution is -2.59. The summed E-state index contributed by atoms with van der Waals surface area (Å²) in [6.45, 7) is 5.81. The van der Waals surface area contributed by atoms with Crippen molar-refractivity contribution in [2.24, 2.45) is 5.41 Å². The Bertz CT molecular complexity index is 2230. The van der Waals surface area contributed by atoms with Gasteiger partial charge in [-0.2, -0.15) is 0 Å². The predicted octanol–water partition coefficient (Wildman–Crippen LogP) is 8.58. The highest BCUT2D eigenvalue weighted by Crippen LogP contribution is 2.44. The average Bonchev–Trinajstić information content (AvgIpc) is 3.49. The lowest BCUT2D eigenvalue weighted by Gasteiger charge is -2.53. The molecule has 8 rings (SSSR count). The summed E-state index contributed by atoms with van der Waals surface area (Å²) < 4.78 is 20.0. The number of thiophene rings is 1. The Hall–Kier alpha value is -4.97. The number of hydrogen-bond acceptors (Lipinski definition) is 8. The fourth-order valence-corrected chi connectivity index (χ4v) is 9.07. The summed E-state index contributed by atoms with van der Waals surface area (Å²) >= 11 is 7.44. The van der Waals surface area contributed by atoms with Crippen LogP contribution in [0, 0.1) is 18.2 Å². The first-order chi connectivity index (χ1) is 26.2. The number of Topliss-reactive ketones (excluding diaryl/α,β-unsaturated/α-hetero) is 1. The van der Waals surface area contributed by atoms with E-state index in [2.05, 4.69) is 15.2 Å². The number of hydrogen-bond donors (Lipinski definition) is 1. The van der Waals surface area contributed by atoms with Gasteiger partial charge in [0.15, 0.2) is 5.78 Å². The second kappa shape index (κ2) is 15.0. The molecule has 0 unspecified atom stereocenters. The Kier molecular flexibility index (Phi) is 10.0. The highest BCUT2D eigenvalue weighted by atomic mass is 35.5. The highest BCUT2D eigenvalue weighted by Gasteiger charge is 2.45. The third-order valence-electron chi connectivity index (χ3n) is 10.7. The van der Waals surface area contributed by atoms with Crippen LogP contribution in [-0.2, 0) is 17.6 Å². The molecule has 9 nitrogen and oxygen atoms in total. The van der Waals surface area contributed by atoms with Gasteiger partial charge in [-0.25, -0.2) is 9.37 Å². The zero-order valence-electron chi connectivity index (χ0n) is 29.9. The number of rotatable bonds is 9. The number of fused-ring (bicyclic) bond motifs is 3. The van der Waals surface area contributed by atoms with Crippen LogP contribution in [0.3, 0.4) is 0 Å². The summed E-state index contributed by atoms with van der Waals surface area (Å²) in [5.74, 6) is -0.568. The first kappa shape index (κ1) is 36.0. The zero-order chi connectivity index (χ0) is 37.4. The number of benzene rings is 2. The Morgan fingerprint density at radius 3 is 2.59 bits per heavy atom. The summed E-state index contributed by atoms with van der Waals surface area (Å²) in [6.07, 6.45) is 6.13. The second-order valence-corrected chi connectivity index (χ2v) is 15.8. The van der Waals surface area contributed by atoms with Gasteiger partial charge in [0.1, 0.15) is 17.3 Å². The van der Waals surface area contributed by atoms with Gasteiger partial charge in [-0.3, -0.25) is 19.4 Å². The number of nitrogens with one attached hydrogen (secondary N) is 1. The molecule has 3 aliphatic rings. The third-order valence-corrected chi connectivity index (χ3v) is 12.1. The van der Waals surface area contributed by atoms with Crippen LogP contribution in [0.25, 0.3) is 10.6 Å². The summed E-state index contributed by atoms with van der Waals surface area (Å²) in [5, 5.41) is 3.35. The molecular formula is C42H39ClFN5O4S. The van der Waals surface area contributed by atoms with Crippen molar-refractivity contribution in [3.8, 4) is 10.6 Å². The Morgan fingerprint density at radius 1 is 1.02 bits per heavy atom. The standard InChI is InChI=1S/C42H39ClFN5O4S/c1-26-10-15-30(39(46-26)48-24-42(25-48)17-21-53-22-18-42)34(50)9-2-5-27-11-13-28(14-12-27)41(52)49-20-16-29-23-35(54-38(29)37-33(49)8-4-19-45-37)47-40(51)36-31(43)6-3-7-32(36)44/h3-4,6-8,10-15,19,23H,2,5,9,16-18,20-22,24-25H2,1H3,(H,47,51). The molecule has 0 aliphatic carbocycles. The molecule has 5 aromatic rings. The number of carbonyl (C=O) groups is 3. The van der Waals surface area contributed by atoms with E-state index in [4.69, 9.17) is 21.3 Å². The molecule has 3 aliphatic heterocycles. The van der Waals surface area contributed by atoms with Crippen LogP contribution in [-0.4, -0.2) is 60.4 Å². The normalized spacial score (nSPS) is 15.9. The van der Waals surface area contributed by atoms with Crippen LogP contribution in [0.2, 0.25) is 5.02 Å². The van der Waals surface area contributed by atoms with Crippen molar-refractivity contribution in [2.45, 2.75) is 45.4 Å². The maximum atomic E-state index is 14.4. The second-order valence-electron chi connectivity index (χ2n) is 14.4. The van der Waals surface area contributed by atoms with Gasteiger partial charge < -0.3 is 19.9 Å². The Morgan fingerprint density at radius 2 is 1.81 bits per heavy atom. The number of ether oxygens (including phenoxy) is 1. The number of anilines is 3. The van der Waals surface area contributed by atoms with Crippen molar-refractivity contribution in [3.63, 3.8) is 0 Å². The summed E-state index contributed by atoms with van der Waals surface area (Å²) in [7, 11) is 0. The molecule has 12 heteroatoms.